The Balaban J connectivity index is 1.51. The number of likely N-dealkylation sites (tertiary alicyclic amines) is 1. The number of phenolic OH excluding ortho intramolecular Hbond substituents is 1. The van der Waals surface area contributed by atoms with Crippen LogP contribution < -0.4 is 4.90 Å². The Labute approximate surface area is 252 Å². The number of aromatic hydroxyl groups is 1. The molecular weight excluding hydrogens is 639 g/mol. The van der Waals surface area contributed by atoms with Gasteiger partial charge in [-0.3, -0.25) is 29.0 Å². The Morgan fingerprint density at radius 2 is 1.78 bits per heavy atom. The standard InChI is InChI=1S/C29H23BrCl2N2O7/c1-13-9-14(5-8-20(13)35)22-17-6-7-18-21(19(17)11-28(31)26(40)33(12-30)27(41)29(22,28)32)24(37)34(23(18)36)16-4-2-3-15(10-16)25(38)39/h2-6,8-10,18-19,21-22,35H,7,11-12H2,1H3,(H,38,39). The lowest BCUT2D eigenvalue weighted by atomic mass is 9.56. The molecule has 0 aromatic heterocycles. The molecule has 6 atom stereocenters. The first-order valence-electron chi connectivity index (χ1n) is 12.9. The second-order valence-corrected chi connectivity index (χ2v) is 12.6. The Morgan fingerprint density at radius 1 is 1.05 bits per heavy atom. The van der Waals surface area contributed by atoms with Gasteiger partial charge >= 0.3 is 5.97 Å². The number of rotatable bonds is 4. The van der Waals surface area contributed by atoms with Gasteiger partial charge in [-0.2, -0.15) is 0 Å². The van der Waals surface area contributed by atoms with Crippen molar-refractivity contribution in [3.8, 4) is 5.75 Å². The number of fused-ring (bicyclic) bond motifs is 4. The maximum absolute atomic E-state index is 14.0. The number of aromatic carboxylic acids is 1. The zero-order valence-corrected chi connectivity index (χ0v) is 24.6. The number of carbonyl (C=O) groups is 5. The van der Waals surface area contributed by atoms with Crippen LogP contribution in [0, 0.1) is 24.7 Å². The molecule has 12 heteroatoms. The maximum Gasteiger partial charge on any atom is 0.335 e. The molecule has 1 saturated carbocycles. The zero-order valence-electron chi connectivity index (χ0n) is 21.5. The van der Waals surface area contributed by atoms with Gasteiger partial charge in [-0.15, -0.1) is 23.2 Å². The first-order valence-corrected chi connectivity index (χ1v) is 14.7. The van der Waals surface area contributed by atoms with Crippen molar-refractivity contribution >= 4 is 74.4 Å². The summed E-state index contributed by atoms with van der Waals surface area (Å²) in [6.45, 7) is 1.69. The van der Waals surface area contributed by atoms with E-state index in [0.29, 0.717) is 16.7 Å². The highest BCUT2D eigenvalue weighted by Crippen LogP contribution is 2.65. The van der Waals surface area contributed by atoms with Gasteiger partial charge in [0.05, 0.1) is 28.5 Å². The van der Waals surface area contributed by atoms with Crippen LogP contribution in [-0.2, 0) is 19.2 Å². The quantitative estimate of drug-likeness (QED) is 0.216. The van der Waals surface area contributed by atoms with Gasteiger partial charge in [-0.05, 0) is 61.1 Å². The van der Waals surface area contributed by atoms with Crippen molar-refractivity contribution in [2.24, 2.45) is 17.8 Å². The van der Waals surface area contributed by atoms with Crippen LogP contribution in [0.5, 0.6) is 5.75 Å². The zero-order chi connectivity index (χ0) is 29.6. The molecule has 2 aromatic carbocycles. The van der Waals surface area contributed by atoms with E-state index in [2.05, 4.69) is 15.9 Å². The Bertz CT molecular complexity index is 1610. The average molecular weight is 662 g/mol. The Hall–Kier alpha value is -3.21. The minimum atomic E-state index is -1.93. The van der Waals surface area contributed by atoms with Crippen LogP contribution in [0.3, 0.4) is 0 Å². The number of anilines is 1. The second kappa shape index (κ2) is 9.40. The topological polar surface area (TPSA) is 132 Å². The molecule has 9 nitrogen and oxygen atoms in total. The van der Waals surface area contributed by atoms with Crippen molar-refractivity contribution in [3.63, 3.8) is 0 Å². The summed E-state index contributed by atoms with van der Waals surface area (Å²) in [6.07, 6.45) is 1.83. The van der Waals surface area contributed by atoms with Crippen LogP contribution in [0.1, 0.15) is 40.2 Å². The fourth-order valence-corrected chi connectivity index (χ4v) is 8.44. The predicted molar refractivity (Wildman–Crippen MR) is 152 cm³/mol. The van der Waals surface area contributed by atoms with Crippen molar-refractivity contribution in [2.75, 3.05) is 10.4 Å². The molecule has 2 aliphatic heterocycles. The molecule has 4 aliphatic rings. The third kappa shape index (κ3) is 3.63. The number of imide groups is 2. The van der Waals surface area contributed by atoms with E-state index >= 15 is 0 Å². The SMILES string of the molecule is Cc1cc(C2C3=CCC4C(=O)N(c5cccc(C(=O)O)c5)C(=O)C4C3CC3(Cl)C(=O)N(CBr)C(=O)C23Cl)ccc1O. The minimum absolute atomic E-state index is 0.0336. The van der Waals surface area contributed by atoms with Crippen molar-refractivity contribution in [3.05, 3.63) is 70.8 Å². The van der Waals surface area contributed by atoms with E-state index in [0.717, 1.165) is 9.80 Å². The van der Waals surface area contributed by atoms with Gasteiger partial charge in [-0.1, -0.05) is 45.8 Å². The van der Waals surface area contributed by atoms with E-state index in [-0.39, 0.29) is 35.3 Å². The number of phenols is 1. The summed E-state index contributed by atoms with van der Waals surface area (Å²) in [5.74, 6) is -6.87. The largest absolute Gasteiger partial charge is 0.508 e. The van der Waals surface area contributed by atoms with Gasteiger partial charge in [0.15, 0.2) is 9.75 Å². The van der Waals surface area contributed by atoms with Gasteiger partial charge in [0.1, 0.15) is 5.75 Å². The summed E-state index contributed by atoms with van der Waals surface area (Å²) in [5.41, 5.74) is 1.62. The molecule has 2 aromatic rings. The van der Waals surface area contributed by atoms with Gasteiger partial charge in [0, 0.05) is 5.92 Å². The minimum Gasteiger partial charge on any atom is -0.508 e. The number of amides is 4. The molecule has 2 N–H and O–H groups in total. The molecule has 212 valence electrons. The molecule has 4 amide bonds. The maximum atomic E-state index is 14.0. The van der Waals surface area contributed by atoms with Crippen LogP contribution >= 0.6 is 39.1 Å². The van der Waals surface area contributed by atoms with Crippen LogP contribution in [0.15, 0.2) is 54.1 Å². The van der Waals surface area contributed by atoms with Gasteiger partial charge < -0.3 is 10.2 Å². The molecule has 0 bridgehead atoms. The highest BCUT2D eigenvalue weighted by molar-refractivity contribution is 9.09. The monoisotopic (exact) mass is 660 g/mol. The van der Waals surface area contributed by atoms with Crippen LogP contribution in [0.4, 0.5) is 5.69 Å². The summed E-state index contributed by atoms with van der Waals surface area (Å²) in [7, 11) is 0. The Kier molecular flexibility index (Phi) is 6.41. The number of carboxylic acid groups (broad SMARTS) is 1. The van der Waals surface area contributed by atoms with Crippen LogP contribution in [-0.4, -0.2) is 59.9 Å². The van der Waals surface area contributed by atoms with E-state index in [1.165, 1.54) is 30.3 Å². The second-order valence-electron chi connectivity index (χ2n) is 10.9. The summed E-state index contributed by atoms with van der Waals surface area (Å²) in [5, 5.41) is 19.6. The lowest BCUT2D eigenvalue weighted by molar-refractivity contribution is -0.138. The van der Waals surface area contributed by atoms with Crippen molar-refractivity contribution in [1.82, 2.24) is 4.90 Å². The number of hydrogen-bond acceptors (Lipinski definition) is 6. The number of alkyl halides is 3. The van der Waals surface area contributed by atoms with Crippen molar-refractivity contribution in [2.45, 2.75) is 35.4 Å². The lowest BCUT2D eigenvalue weighted by Crippen LogP contribution is -2.60. The molecule has 6 unspecified atom stereocenters. The fraction of sp³-hybridized carbons (Fsp3) is 0.345. The summed E-state index contributed by atoms with van der Waals surface area (Å²) in [4.78, 5) is 64.8. The summed E-state index contributed by atoms with van der Waals surface area (Å²) in [6, 6.07) is 10.4. The number of halogens is 3. The Morgan fingerprint density at radius 3 is 2.44 bits per heavy atom. The van der Waals surface area contributed by atoms with E-state index in [1.807, 2.05) is 6.08 Å². The average Bonchev–Trinajstić information content (AvgIpc) is 3.28. The molecule has 41 heavy (non-hydrogen) atoms. The number of nitrogens with zero attached hydrogens (tertiary/aromatic N) is 2. The summed E-state index contributed by atoms with van der Waals surface area (Å²) >= 11 is 17.6. The van der Waals surface area contributed by atoms with Crippen molar-refractivity contribution < 1.29 is 34.2 Å². The van der Waals surface area contributed by atoms with Gasteiger partial charge in [0.2, 0.25) is 11.8 Å². The number of allylic oxidation sites excluding steroid dienone is 2. The number of benzene rings is 2. The number of hydrogen-bond donors (Lipinski definition) is 2. The van der Waals surface area contributed by atoms with E-state index in [4.69, 9.17) is 23.2 Å². The molecular formula is C29H23BrCl2N2O7. The molecule has 0 spiro atoms. The first-order chi connectivity index (χ1) is 19.4. The highest BCUT2D eigenvalue weighted by atomic mass is 79.9. The first kappa shape index (κ1) is 27.9. The fourth-order valence-electron chi connectivity index (χ4n) is 7.02. The summed E-state index contributed by atoms with van der Waals surface area (Å²) < 4.78 is 0. The van der Waals surface area contributed by atoms with E-state index < -0.39 is 63.0 Å². The van der Waals surface area contributed by atoms with E-state index in [9.17, 15) is 34.2 Å². The molecule has 6 rings (SSSR count). The van der Waals surface area contributed by atoms with Gasteiger partial charge in [-0.25, -0.2) is 4.79 Å². The molecule has 2 saturated heterocycles. The number of carbonyl (C=O) groups excluding carboxylic acids is 4. The predicted octanol–water partition coefficient (Wildman–Crippen LogP) is 4.31. The van der Waals surface area contributed by atoms with Crippen LogP contribution in [0.25, 0.3) is 0 Å². The molecule has 2 heterocycles. The highest BCUT2D eigenvalue weighted by Gasteiger charge is 2.76. The third-order valence-corrected chi connectivity index (χ3v) is 10.8. The molecule has 0 radical (unpaired) electrons. The van der Waals surface area contributed by atoms with Crippen molar-refractivity contribution in [1.29, 1.82) is 0 Å². The third-order valence-electron chi connectivity index (χ3n) is 8.92. The normalized spacial score (nSPS) is 32.5. The smallest absolute Gasteiger partial charge is 0.335 e. The van der Waals surface area contributed by atoms with E-state index in [1.54, 1.807) is 19.1 Å². The number of aryl methyl sites for hydroxylation is 1. The molecule has 2 aliphatic carbocycles. The molecule has 3 fully saturated rings. The lowest BCUT2D eigenvalue weighted by Gasteiger charge is -2.50. The van der Waals surface area contributed by atoms with Crippen LogP contribution in [0.2, 0.25) is 0 Å². The number of carboxylic acids is 1. The van der Waals surface area contributed by atoms with Gasteiger partial charge in [0.25, 0.3) is 11.8 Å².